The van der Waals surface area contributed by atoms with Gasteiger partial charge in [-0.05, 0) is 23.3 Å². The highest BCUT2D eigenvalue weighted by Gasteiger charge is 2.69. The molecule has 4 nitrogen and oxygen atoms in total. The third-order valence-electron chi connectivity index (χ3n) is 7.42. The zero-order chi connectivity index (χ0) is 24.2. The lowest BCUT2D eigenvalue weighted by Gasteiger charge is -2.63. The van der Waals surface area contributed by atoms with Crippen LogP contribution in [-0.2, 0) is 10.8 Å². The first kappa shape index (κ1) is 25.0. The van der Waals surface area contributed by atoms with Gasteiger partial charge in [0.25, 0.3) is 0 Å². The van der Waals surface area contributed by atoms with Crippen LogP contribution in [0.4, 0.5) is 0 Å². The van der Waals surface area contributed by atoms with Crippen LogP contribution in [0.2, 0.25) is 0 Å². The number of aliphatic hydroxyl groups excluding tert-OH is 3. The average Bonchev–Trinajstić information content (AvgIpc) is 2.86. The lowest BCUT2D eigenvalue weighted by molar-refractivity contribution is -0.203. The summed E-state index contributed by atoms with van der Waals surface area (Å²) in [5, 5.41) is 32.4. The van der Waals surface area contributed by atoms with Crippen molar-refractivity contribution in [3.05, 3.63) is 102 Å². The summed E-state index contributed by atoms with van der Waals surface area (Å²) in [6.45, 7) is 6.87. The Bertz CT molecular complexity index is 934. The minimum Gasteiger partial charge on any atom is -0.485 e. The number of hydrogen-bond donors (Lipinski definition) is 3. The van der Waals surface area contributed by atoms with Gasteiger partial charge in [-0.3, -0.25) is 0 Å². The van der Waals surface area contributed by atoms with Crippen LogP contribution < -0.4 is 4.74 Å². The molecule has 0 saturated carbocycles. The van der Waals surface area contributed by atoms with Crippen molar-refractivity contribution in [2.45, 2.75) is 44.1 Å². The van der Waals surface area contributed by atoms with Gasteiger partial charge in [-0.1, -0.05) is 107 Å². The van der Waals surface area contributed by atoms with Crippen LogP contribution in [0.25, 0.3) is 0 Å². The fraction of sp³-hybridized carbons (Fsp3) is 0.379. The highest BCUT2D eigenvalue weighted by molar-refractivity contribution is 5.41. The Balaban J connectivity index is 2.47. The molecule has 3 aromatic rings. The molecule has 33 heavy (non-hydrogen) atoms. The second kappa shape index (κ2) is 9.68. The van der Waals surface area contributed by atoms with E-state index in [-0.39, 0.29) is 0 Å². The maximum absolute atomic E-state index is 10.8. The molecule has 0 aliphatic carbocycles. The first-order valence-corrected chi connectivity index (χ1v) is 11.4. The maximum Gasteiger partial charge on any atom is 0.139 e. The number of para-hydroxylation sites is 1. The summed E-state index contributed by atoms with van der Waals surface area (Å²) < 4.78 is 7.00. The number of ether oxygens (including phenoxy) is 1. The van der Waals surface area contributed by atoms with Gasteiger partial charge in [0.1, 0.15) is 11.4 Å². The summed E-state index contributed by atoms with van der Waals surface area (Å²) in [5.74, 6) is 0.602. The second-order valence-corrected chi connectivity index (χ2v) is 9.83. The van der Waals surface area contributed by atoms with E-state index in [1.165, 1.54) is 0 Å². The molecule has 3 N–H and O–H groups in total. The van der Waals surface area contributed by atoms with Gasteiger partial charge in [-0.15, -0.1) is 0 Å². The molecule has 0 atom stereocenters. The van der Waals surface area contributed by atoms with Gasteiger partial charge < -0.3 is 20.1 Å². The van der Waals surface area contributed by atoms with E-state index in [4.69, 9.17) is 4.74 Å². The smallest absolute Gasteiger partial charge is 0.139 e. The van der Waals surface area contributed by atoms with Crippen molar-refractivity contribution in [1.29, 1.82) is 0 Å². The van der Waals surface area contributed by atoms with Crippen LogP contribution in [0, 0.1) is 5.41 Å². The topological polar surface area (TPSA) is 69.9 Å². The number of benzene rings is 3. The third-order valence-corrected chi connectivity index (χ3v) is 7.42. The van der Waals surface area contributed by atoms with Crippen molar-refractivity contribution >= 4 is 0 Å². The standard InChI is InChI=1S/C29H36O4/c1-26(2,23-14-8-5-9-15-23)29(28(20-30,21-31)22-32,33-25-18-12-7-13-19-25)27(3,4)24-16-10-6-11-17-24/h5-19,30-32H,20-22H2,1-4H3. The van der Waals surface area contributed by atoms with E-state index in [0.717, 1.165) is 11.1 Å². The average molecular weight is 449 g/mol. The molecule has 0 unspecified atom stereocenters. The fourth-order valence-corrected chi connectivity index (χ4v) is 5.74. The molecular weight excluding hydrogens is 412 g/mol. The monoisotopic (exact) mass is 448 g/mol. The predicted octanol–water partition coefficient (Wildman–Crippen LogP) is 4.72. The third kappa shape index (κ3) is 3.97. The van der Waals surface area contributed by atoms with Crippen LogP contribution in [0.15, 0.2) is 91.0 Å². The Morgan fingerprint density at radius 1 is 0.545 bits per heavy atom. The van der Waals surface area contributed by atoms with Gasteiger partial charge in [-0.25, -0.2) is 0 Å². The van der Waals surface area contributed by atoms with Gasteiger partial charge >= 0.3 is 0 Å². The zero-order valence-electron chi connectivity index (χ0n) is 20.0. The molecule has 0 aliphatic rings. The molecular formula is C29H36O4. The summed E-state index contributed by atoms with van der Waals surface area (Å²) >= 11 is 0. The number of rotatable bonds is 10. The molecule has 0 bridgehead atoms. The van der Waals surface area contributed by atoms with Crippen molar-refractivity contribution < 1.29 is 20.1 Å². The number of hydrogen-bond acceptors (Lipinski definition) is 4. The molecule has 176 valence electrons. The van der Waals surface area contributed by atoms with E-state index in [9.17, 15) is 15.3 Å². The lowest BCUT2D eigenvalue weighted by atomic mass is 9.47. The summed E-state index contributed by atoms with van der Waals surface area (Å²) in [6.07, 6.45) is 0. The largest absolute Gasteiger partial charge is 0.485 e. The SMILES string of the molecule is CC(C)(c1ccccc1)C(Oc1ccccc1)(C(CO)(CO)CO)C(C)(C)c1ccccc1. The van der Waals surface area contributed by atoms with E-state index in [1.54, 1.807) is 0 Å². The van der Waals surface area contributed by atoms with Crippen LogP contribution in [0.5, 0.6) is 5.75 Å². The Morgan fingerprint density at radius 2 is 0.879 bits per heavy atom. The molecule has 0 radical (unpaired) electrons. The number of aliphatic hydroxyl groups is 3. The summed E-state index contributed by atoms with van der Waals surface area (Å²) in [7, 11) is 0. The summed E-state index contributed by atoms with van der Waals surface area (Å²) in [6, 6.07) is 29.3. The van der Waals surface area contributed by atoms with Crippen molar-refractivity contribution in [3.63, 3.8) is 0 Å². The highest BCUT2D eigenvalue weighted by atomic mass is 16.5. The molecule has 3 aromatic carbocycles. The Hall–Kier alpha value is -2.66. The minimum absolute atomic E-state index is 0.459. The molecule has 0 amide bonds. The van der Waals surface area contributed by atoms with Gasteiger partial charge in [-0.2, -0.15) is 0 Å². The molecule has 4 heteroatoms. The molecule has 3 rings (SSSR count). The minimum atomic E-state index is -1.39. The van der Waals surface area contributed by atoms with Crippen molar-refractivity contribution in [1.82, 2.24) is 0 Å². The van der Waals surface area contributed by atoms with Crippen LogP contribution in [-0.4, -0.2) is 40.7 Å². The zero-order valence-corrected chi connectivity index (χ0v) is 20.0. The summed E-state index contributed by atoms with van der Waals surface area (Å²) in [4.78, 5) is 0. The Labute approximate surface area is 197 Å². The quantitative estimate of drug-likeness (QED) is 0.420. The Morgan fingerprint density at radius 3 is 1.21 bits per heavy atom. The summed E-state index contributed by atoms with van der Waals surface area (Å²) in [5.41, 5.74) is -2.25. The van der Waals surface area contributed by atoms with Crippen molar-refractivity contribution in [2.75, 3.05) is 19.8 Å². The predicted molar refractivity (Wildman–Crippen MR) is 132 cm³/mol. The van der Waals surface area contributed by atoms with Gasteiger partial charge in [0.15, 0.2) is 0 Å². The van der Waals surface area contributed by atoms with Gasteiger partial charge in [0.05, 0.1) is 25.2 Å². The molecule has 0 heterocycles. The fourth-order valence-electron chi connectivity index (χ4n) is 5.74. The van der Waals surface area contributed by atoms with Crippen LogP contribution >= 0.6 is 0 Å². The van der Waals surface area contributed by atoms with E-state index in [0.29, 0.717) is 5.75 Å². The van der Waals surface area contributed by atoms with Crippen molar-refractivity contribution in [2.24, 2.45) is 5.41 Å². The van der Waals surface area contributed by atoms with Crippen LogP contribution in [0.3, 0.4) is 0 Å². The first-order chi connectivity index (χ1) is 15.7. The molecule has 0 aromatic heterocycles. The van der Waals surface area contributed by atoms with E-state index in [2.05, 4.69) is 27.7 Å². The van der Waals surface area contributed by atoms with Gasteiger partial charge in [0, 0.05) is 10.8 Å². The normalized spacial score (nSPS) is 13.1. The molecule has 0 spiro atoms. The van der Waals surface area contributed by atoms with Crippen molar-refractivity contribution in [3.8, 4) is 5.75 Å². The van der Waals surface area contributed by atoms with E-state index >= 15 is 0 Å². The maximum atomic E-state index is 10.8. The van der Waals surface area contributed by atoms with E-state index in [1.807, 2.05) is 91.0 Å². The van der Waals surface area contributed by atoms with Crippen LogP contribution in [0.1, 0.15) is 38.8 Å². The molecule has 0 saturated heterocycles. The lowest BCUT2D eigenvalue weighted by Crippen LogP contribution is -2.75. The Kier molecular flexibility index (Phi) is 7.32. The highest BCUT2D eigenvalue weighted by Crippen LogP contribution is 2.58. The molecule has 0 aliphatic heterocycles. The molecule has 0 fully saturated rings. The first-order valence-electron chi connectivity index (χ1n) is 11.4. The van der Waals surface area contributed by atoms with Gasteiger partial charge in [0.2, 0.25) is 0 Å². The second-order valence-electron chi connectivity index (χ2n) is 9.83. The van der Waals surface area contributed by atoms with E-state index < -0.39 is 41.7 Å².